The number of allylic oxidation sites excluding steroid dienone is 3. The van der Waals surface area contributed by atoms with Gasteiger partial charge in [0, 0.05) is 42.7 Å². The normalized spacial score (nSPS) is 22.7. The summed E-state index contributed by atoms with van der Waals surface area (Å²) in [6.07, 6.45) is 10.3. The summed E-state index contributed by atoms with van der Waals surface area (Å²) in [6.45, 7) is 6.36. The van der Waals surface area contributed by atoms with Gasteiger partial charge in [0.15, 0.2) is 0 Å². The first kappa shape index (κ1) is 27.7. The molecule has 6 rings (SSSR count). The third-order valence-electron chi connectivity index (χ3n) is 8.85. The van der Waals surface area contributed by atoms with Gasteiger partial charge in [-0.3, -0.25) is 0 Å². The summed E-state index contributed by atoms with van der Waals surface area (Å²) in [4.78, 5) is 17.0. The van der Waals surface area contributed by atoms with Gasteiger partial charge in [0.25, 0.3) is 0 Å². The van der Waals surface area contributed by atoms with Crippen LogP contribution in [0, 0.1) is 11.8 Å². The number of hydrogen-bond acceptors (Lipinski definition) is 5. The van der Waals surface area contributed by atoms with E-state index in [9.17, 15) is 13.2 Å². The van der Waals surface area contributed by atoms with Crippen molar-refractivity contribution < 1.29 is 13.2 Å². The Labute approximate surface area is 239 Å². The third-order valence-corrected chi connectivity index (χ3v) is 8.85. The van der Waals surface area contributed by atoms with Crippen molar-refractivity contribution in [3.63, 3.8) is 0 Å². The van der Waals surface area contributed by atoms with Crippen LogP contribution in [0.3, 0.4) is 0 Å². The maximum atomic E-state index is 13.7. The molecule has 2 unspecified atom stereocenters. The molecule has 0 radical (unpaired) electrons. The molecule has 2 fully saturated rings. The molecule has 0 amide bonds. The Kier molecular flexibility index (Phi) is 7.49. The number of piperidine rings is 1. The van der Waals surface area contributed by atoms with Crippen LogP contribution in [-0.4, -0.2) is 49.6 Å². The number of aromatic nitrogens is 4. The molecule has 2 aromatic heterocycles. The van der Waals surface area contributed by atoms with Gasteiger partial charge >= 0.3 is 6.18 Å². The second-order valence-corrected chi connectivity index (χ2v) is 11.8. The van der Waals surface area contributed by atoms with Crippen LogP contribution in [0.5, 0.6) is 0 Å². The Morgan fingerprint density at radius 2 is 1.76 bits per heavy atom. The molecule has 41 heavy (non-hydrogen) atoms. The summed E-state index contributed by atoms with van der Waals surface area (Å²) < 4.78 is 43.1. The number of anilines is 1. The lowest BCUT2D eigenvalue weighted by atomic mass is 9.85. The topological polar surface area (TPSA) is 58.9 Å². The summed E-state index contributed by atoms with van der Waals surface area (Å²) >= 11 is 0. The van der Waals surface area contributed by atoms with E-state index < -0.39 is 11.7 Å². The smallest absolute Gasteiger partial charge is 0.351 e. The molecule has 0 bridgehead atoms. The number of nitrogens with one attached hydrogen (secondary N) is 1. The van der Waals surface area contributed by atoms with Crippen molar-refractivity contribution in [3.05, 3.63) is 72.2 Å². The van der Waals surface area contributed by atoms with E-state index in [-0.39, 0.29) is 17.9 Å². The van der Waals surface area contributed by atoms with Gasteiger partial charge in [0.05, 0.1) is 22.6 Å². The largest absolute Gasteiger partial charge is 0.416 e. The monoisotopic (exact) mass is 562 g/mol. The van der Waals surface area contributed by atoms with Gasteiger partial charge in [-0.05, 0) is 69.8 Å². The number of alkyl halides is 3. The third kappa shape index (κ3) is 5.82. The highest BCUT2D eigenvalue weighted by Gasteiger charge is 2.35. The zero-order valence-corrected chi connectivity index (χ0v) is 23.8. The van der Waals surface area contributed by atoms with E-state index in [1.807, 2.05) is 17.7 Å². The van der Waals surface area contributed by atoms with Crippen molar-refractivity contribution in [2.24, 2.45) is 18.9 Å². The maximum Gasteiger partial charge on any atom is 0.416 e. The number of hydrogen-bond donors (Lipinski definition) is 1. The van der Waals surface area contributed by atoms with Gasteiger partial charge in [-0.25, -0.2) is 15.0 Å². The minimum Gasteiger partial charge on any atom is -0.351 e. The van der Waals surface area contributed by atoms with E-state index in [1.54, 1.807) is 12.3 Å². The molecular formula is C32H37F3N6. The lowest BCUT2D eigenvalue weighted by molar-refractivity contribution is -0.137. The highest BCUT2D eigenvalue weighted by Crippen LogP contribution is 2.40. The minimum absolute atomic E-state index is 0.0862. The summed E-state index contributed by atoms with van der Waals surface area (Å²) in [7, 11) is 1.96. The van der Waals surface area contributed by atoms with Crippen LogP contribution in [0.2, 0.25) is 0 Å². The molecule has 2 aliphatic carbocycles. The fourth-order valence-electron chi connectivity index (χ4n) is 6.40. The molecule has 3 heterocycles. The predicted octanol–water partition coefficient (Wildman–Crippen LogP) is 7.08. The van der Waals surface area contributed by atoms with Gasteiger partial charge in [-0.15, -0.1) is 0 Å². The second kappa shape index (κ2) is 11.1. The van der Waals surface area contributed by atoms with Crippen LogP contribution in [0.4, 0.5) is 19.1 Å². The second-order valence-electron chi connectivity index (χ2n) is 11.8. The molecule has 1 N–H and O–H groups in total. The Morgan fingerprint density at radius 1 is 1.00 bits per heavy atom. The molecule has 3 aliphatic rings. The number of halogens is 3. The van der Waals surface area contributed by atoms with Crippen LogP contribution in [-0.2, 0) is 13.2 Å². The van der Waals surface area contributed by atoms with E-state index in [2.05, 4.69) is 53.4 Å². The zero-order valence-electron chi connectivity index (χ0n) is 23.8. The average Bonchev–Trinajstić information content (AvgIpc) is 3.75. The molecule has 0 spiro atoms. The molecule has 3 atom stereocenters. The Balaban J connectivity index is 1.36. The molecule has 216 valence electrons. The van der Waals surface area contributed by atoms with Crippen molar-refractivity contribution in [1.29, 1.82) is 0 Å². The van der Waals surface area contributed by atoms with Crippen molar-refractivity contribution in [1.82, 2.24) is 24.4 Å². The predicted molar refractivity (Wildman–Crippen MR) is 155 cm³/mol. The fourth-order valence-corrected chi connectivity index (χ4v) is 6.40. The number of imidazole rings is 1. The summed E-state index contributed by atoms with van der Waals surface area (Å²) in [5, 5.41) is 3.46. The van der Waals surface area contributed by atoms with Crippen molar-refractivity contribution in [2.45, 2.75) is 63.7 Å². The van der Waals surface area contributed by atoms with Crippen molar-refractivity contribution in [3.8, 4) is 22.6 Å². The first-order valence-electron chi connectivity index (χ1n) is 14.6. The van der Waals surface area contributed by atoms with Gasteiger partial charge in [-0.2, -0.15) is 13.2 Å². The maximum absolute atomic E-state index is 13.7. The fraction of sp³-hybridized carbons (Fsp3) is 0.469. The number of rotatable bonds is 7. The number of likely N-dealkylation sites (tertiary alicyclic amines) is 1. The van der Waals surface area contributed by atoms with Gasteiger partial charge in [0.1, 0.15) is 5.82 Å². The molecular weight excluding hydrogens is 525 g/mol. The molecule has 6 nitrogen and oxygen atoms in total. The first-order chi connectivity index (χ1) is 19.7. The standard InChI is InChI=1S/C32H37F3N6/c1-20-7-4-5-10-26(20)21(2)37-31-36-16-13-27(38-31)29-28(23-8-6-9-24(19-23)32(33,34)35)39-30(40(29)3)22-14-17-41(18-15-22)25-11-12-25/h4-10,13,16,19-22,25-26H,11-12,14-15,17-18H2,1-3H3,(H,36,37,38)/t20?,21-,26?/m0/s1. The van der Waals surface area contributed by atoms with Gasteiger partial charge in [0.2, 0.25) is 5.95 Å². The highest BCUT2D eigenvalue weighted by molar-refractivity contribution is 5.78. The Hall–Kier alpha value is -3.46. The average molecular weight is 563 g/mol. The molecule has 1 saturated heterocycles. The van der Waals surface area contributed by atoms with Crippen LogP contribution in [0.15, 0.2) is 60.8 Å². The minimum atomic E-state index is -4.44. The van der Waals surface area contributed by atoms with Crippen molar-refractivity contribution >= 4 is 5.95 Å². The van der Waals surface area contributed by atoms with Crippen LogP contribution in [0.1, 0.15) is 56.8 Å². The van der Waals surface area contributed by atoms with E-state index in [4.69, 9.17) is 9.97 Å². The molecule has 1 aromatic carbocycles. The molecule has 9 heteroatoms. The van der Waals surface area contributed by atoms with Crippen LogP contribution >= 0.6 is 0 Å². The molecule has 1 aliphatic heterocycles. The van der Waals surface area contributed by atoms with E-state index in [1.165, 1.54) is 25.0 Å². The Morgan fingerprint density at radius 3 is 2.46 bits per heavy atom. The summed E-state index contributed by atoms with van der Waals surface area (Å²) in [6, 6.07) is 8.08. The number of nitrogens with zero attached hydrogens (tertiary/aromatic N) is 5. The highest BCUT2D eigenvalue weighted by atomic mass is 19.4. The van der Waals surface area contributed by atoms with E-state index in [0.29, 0.717) is 34.5 Å². The Bertz CT molecular complexity index is 1450. The zero-order chi connectivity index (χ0) is 28.7. The summed E-state index contributed by atoms with van der Waals surface area (Å²) in [5.41, 5.74) is 1.60. The van der Waals surface area contributed by atoms with Crippen LogP contribution < -0.4 is 5.32 Å². The van der Waals surface area contributed by atoms with Gasteiger partial charge < -0.3 is 14.8 Å². The van der Waals surface area contributed by atoms with E-state index >= 15 is 0 Å². The van der Waals surface area contributed by atoms with Crippen LogP contribution in [0.25, 0.3) is 22.6 Å². The number of benzene rings is 1. The van der Waals surface area contributed by atoms with Crippen molar-refractivity contribution in [2.75, 3.05) is 18.4 Å². The quantitative estimate of drug-likeness (QED) is 0.333. The summed E-state index contributed by atoms with van der Waals surface area (Å²) in [5.74, 6) is 2.29. The van der Waals surface area contributed by atoms with E-state index in [0.717, 1.165) is 43.9 Å². The first-order valence-corrected chi connectivity index (χ1v) is 14.6. The molecule has 1 saturated carbocycles. The van der Waals surface area contributed by atoms with Gasteiger partial charge in [-0.1, -0.05) is 43.4 Å². The lowest BCUT2D eigenvalue weighted by Crippen LogP contribution is -2.35. The molecule has 3 aromatic rings. The lowest BCUT2D eigenvalue weighted by Gasteiger charge is -2.31. The SMILES string of the molecule is CC1C=CC=CC1[C@H](C)Nc1nccc(-c2c(-c3cccc(C(F)(F)F)c3)nc(C3CCN(C4CC4)CC3)n2C)n1.